The van der Waals surface area contributed by atoms with Gasteiger partial charge in [0.1, 0.15) is 18.3 Å². The predicted octanol–water partition coefficient (Wildman–Crippen LogP) is 0.909. The molecule has 1 aliphatic heterocycles. The van der Waals surface area contributed by atoms with E-state index in [1.807, 2.05) is 0 Å². The van der Waals surface area contributed by atoms with Gasteiger partial charge in [0.2, 0.25) is 5.95 Å². The molecule has 0 bridgehead atoms. The summed E-state index contributed by atoms with van der Waals surface area (Å²) in [6.07, 6.45) is -6.05. The van der Waals surface area contributed by atoms with E-state index >= 15 is 0 Å². The molecule has 1 aliphatic rings. The van der Waals surface area contributed by atoms with E-state index in [4.69, 9.17) is 47.5 Å². The minimum Gasteiger partial charge on any atom is -0.469 e. The second-order valence-electron chi connectivity index (χ2n) is 9.83. The standard InChI is InChI=1S/C24H39N5O16P2/c1-6-40-46(33,34)42-12-14-18(45-47(35,36)41-7-2)19(22(43-14)29-13-26-17-20(29)27-23(25)28-21(17)32)44-24(39-5,10-8-15(30)37-3)11-9-16(31)38-4/h13-14,18-19,22H,6-12H2,1-5H3,(H,33,34)(H,35,36)(H3,25,27,28,32)/t14-,18-,19-,22-/m1/s1. The molecule has 0 amide bonds. The smallest absolute Gasteiger partial charge is 0.469 e. The molecule has 2 aromatic rings. The lowest BCUT2D eigenvalue weighted by molar-refractivity contribution is -0.274. The quantitative estimate of drug-likeness (QED) is 0.0893. The van der Waals surface area contributed by atoms with Crippen molar-refractivity contribution in [2.24, 2.45) is 0 Å². The molecule has 1 fully saturated rings. The summed E-state index contributed by atoms with van der Waals surface area (Å²) >= 11 is 0. The highest BCUT2D eigenvalue weighted by Gasteiger charge is 2.54. The maximum atomic E-state index is 13.0. The number of nitrogens with one attached hydrogen (secondary N) is 1. The van der Waals surface area contributed by atoms with E-state index in [1.165, 1.54) is 39.7 Å². The van der Waals surface area contributed by atoms with Gasteiger partial charge in [-0.15, -0.1) is 0 Å². The molecule has 21 nitrogen and oxygen atoms in total. The van der Waals surface area contributed by atoms with Crippen LogP contribution < -0.4 is 11.3 Å². The Hall–Kier alpha value is -2.81. The van der Waals surface area contributed by atoms with Crippen LogP contribution in [0.5, 0.6) is 0 Å². The number of methoxy groups -OCH3 is 3. The minimum absolute atomic E-state index is 0.114. The number of nitrogens with two attached hydrogens (primary N) is 1. The fraction of sp³-hybridized carbons (Fsp3) is 0.708. The number of aromatic amines is 1. The maximum absolute atomic E-state index is 13.0. The molecule has 6 atom stereocenters. The van der Waals surface area contributed by atoms with Crippen LogP contribution in [0.15, 0.2) is 11.1 Å². The summed E-state index contributed by atoms with van der Waals surface area (Å²) in [6.45, 7) is 1.66. The Bertz CT molecular complexity index is 1510. The van der Waals surface area contributed by atoms with Gasteiger partial charge in [-0.25, -0.2) is 14.1 Å². The number of nitrogens with zero attached hydrogens (tertiary/aromatic N) is 3. The van der Waals surface area contributed by atoms with Crippen molar-refractivity contribution in [2.75, 3.05) is 46.9 Å². The highest BCUT2D eigenvalue weighted by atomic mass is 31.2. The first-order valence-electron chi connectivity index (χ1n) is 14.2. The molecule has 3 heterocycles. The van der Waals surface area contributed by atoms with Crippen molar-refractivity contribution in [2.45, 2.75) is 69.9 Å². The number of carbonyl (C=O) groups is 2. The lowest BCUT2D eigenvalue weighted by atomic mass is 10.0. The molecule has 0 aromatic carbocycles. The maximum Gasteiger partial charge on any atom is 0.472 e. The molecular weight excluding hydrogens is 676 g/mol. The number of ether oxygens (including phenoxy) is 5. The Kier molecular flexibility index (Phi) is 13.6. The Labute approximate surface area is 268 Å². The predicted molar refractivity (Wildman–Crippen MR) is 157 cm³/mol. The van der Waals surface area contributed by atoms with Crippen molar-refractivity contribution < 1.29 is 70.3 Å². The summed E-state index contributed by atoms with van der Waals surface area (Å²) in [4.78, 5) is 68.0. The van der Waals surface area contributed by atoms with Gasteiger partial charge in [0.25, 0.3) is 5.56 Å². The van der Waals surface area contributed by atoms with E-state index < -0.39 is 70.1 Å². The fourth-order valence-corrected chi connectivity index (χ4v) is 6.38. The number of hydrogen-bond donors (Lipinski definition) is 4. The Balaban J connectivity index is 2.20. The van der Waals surface area contributed by atoms with Gasteiger partial charge >= 0.3 is 27.6 Å². The summed E-state index contributed by atoms with van der Waals surface area (Å²) in [5, 5.41) is 0. The first kappa shape index (κ1) is 38.6. The molecule has 0 aliphatic carbocycles. The third kappa shape index (κ3) is 10.1. The van der Waals surface area contributed by atoms with Gasteiger partial charge in [-0.1, -0.05) is 0 Å². The fourth-order valence-electron chi connectivity index (χ4n) is 4.70. The van der Waals surface area contributed by atoms with Crippen LogP contribution in [0.3, 0.4) is 0 Å². The summed E-state index contributed by atoms with van der Waals surface area (Å²) in [5.41, 5.74) is 4.78. The Morgan fingerprint density at radius 1 is 1.02 bits per heavy atom. The molecule has 0 saturated carbocycles. The average molecular weight is 716 g/mol. The number of carbonyl (C=O) groups excluding carboxylic acids is 2. The number of hydrogen-bond acceptors (Lipinski definition) is 17. The van der Waals surface area contributed by atoms with Gasteiger partial charge in [-0.05, 0) is 13.8 Å². The van der Waals surface area contributed by atoms with Crippen molar-refractivity contribution in [3.63, 3.8) is 0 Å². The number of H-pyrrole nitrogens is 1. The van der Waals surface area contributed by atoms with Crippen LogP contribution >= 0.6 is 15.6 Å². The number of fused-ring (bicyclic) bond motifs is 1. The number of nitrogen functional groups attached to an aromatic ring is 1. The van der Waals surface area contributed by atoms with Crippen LogP contribution in [0.2, 0.25) is 0 Å². The lowest BCUT2D eigenvalue weighted by Crippen LogP contribution is -2.47. The molecular formula is C24H39N5O16P2. The van der Waals surface area contributed by atoms with Gasteiger partial charge in [0.15, 0.2) is 23.2 Å². The van der Waals surface area contributed by atoms with Crippen molar-refractivity contribution in [1.82, 2.24) is 19.5 Å². The molecule has 2 aromatic heterocycles. The molecule has 3 rings (SSSR count). The van der Waals surface area contributed by atoms with Crippen molar-refractivity contribution in [1.29, 1.82) is 0 Å². The number of rotatable bonds is 19. The topological polar surface area (TPSA) is 281 Å². The van der Waals surface area contributed by atoms with Gasteiger partial charge in [0, 0.05) is 20.0 Å². The van der Waals surface area contributed by atoms with E-state index in [1.54, 1.807) is 0 Å². The van der Waals surface area contributed by atoms with E-state index in [0.29, 0.717) is 0 Å². The number of phosphoric acid groups is 2. The van der Waals surface area contributed by atoms with E-state index in [9.17, 15) is 33.3 Å². The van der Waals surface area contributed by atoms with Gasteiger partial charge < -0.3 is 39.2 Å². The second-order valence-corrected chi connectivity index (χ2v) is 12.7. The van der Waals surface area contributed by atoms with Crippen LogP contribution in [0.4, 0.5) is 5.95 Å². The van der Waals surface area contributed by atoms with Gasteiger partial charge in [-0.2, -0.15) is 4.98 Å². The van der Waals surface area contributed by atoms with Crippen molar-refractivity contribution in [3.8, 4) is 0 Å². The number of phosphoric ester groups is 2. The molecule has 47 heavy (non-hydrogen) atoms. The van der Waals surface area contributed by atoms with Crippen LogP contribution in [0.25, 0.3) is 11.2 Å². The highest BCUT2D eigenvalue weighted by molar-refractivity contribution is 7.47. The zero-order valence-corrected chi connectivity index (χ0v) is 28.0. The second kappa shape index (κ2) is 16.5. The molecule has 1 saturated heterocycles. The average Bonchev–Trinajstić information content (AvgIpc) is 3.57. The Morgan fingerprint density at radius 2 is 1.62 bits per heavy atom. The molecule has 266 valence electrons. The number of imidazole rings is 1. The zero-order chi connectivity index (χ0) is 35.0. The summed E-state index contributed by atoms with van der Waals surface area (Å²) < 4.78 is 74.7. The summed E-state index contributed by atoms with van der Waals surface area (Å²) in [6, 6.07) is 0. The SMILES string of the molecule is CCOP(=O)(O)OC[C@H]1O[C@@H](n2cnc3c(=O)[nH]c(N)nc32)[C@H](OC(CCC(=O)OC)(CCC(=O)OC)OC)[C@@H]1OP(=O)(O)OCC. The summed E-state index contributed by atoms with van der Waals surface area (Å²) in [5.74, 6) is -3.42. The number of aromatic nitrogens is 4. The normalized spacial score (nSPS) is 22.5. The lowest BCUT2D eigenvalue weighted by Gasteiger charge is -2.38. The molecule has 2 unspecified atom stereocenters. The first-order valence-corrected chi connectivity index (χ1v) is 17.1. The van der Waals surface area contributed by atoms with Crippen molar-refractivity contribution >= 4 is 44.7 Å². The molecule has 0 radical (unpaired) electrons. The highest BCUT2D eigenvalue weighted by Crippen LogP contribution is 2.51. The van der Waals surface area contributed by atoms with E-state index in [2.05, 4.69) is 15.0 Å². The Morgan fingerprint density at radius 3 is 2.17 bits per heavy atom. The molecule has 5 N–H and O–H groups in total. The van der Waals surface area contributed by atoms with Crippen LogP contribution in [-0.2, 0) is 60.5 Å². The summed E-state index contributed by atoms with van der Waals surface area (Å²) in [7, 11) is -5.97. The van der Waals surface area contributed by atoms with Crippen LogP contribution in [0, 0.1) is 0 Å². The number of esters is 2. The zero-order valence-electron chi connectivity index (χ0n) is 26.3. The van der Waals surface area contributed by atoms with E-state index in [0.717, 1.165) is 6.33 Å². The molecule has 23 heteroatoms. The third-order valence-corrected chi connectivity index (χ3v) is 9.00. The first-order chi connectivity index (χ1) is 22.1. The van der Waals surface area contributed by atoms with Crippen molar-refractivity contribution in [3.05, 3.63) is 16.7 Å². The largest absolute Gasteiger partial charge is 0.472 e. The van der Waals surface area contributed by atoms with Gasteiger partial charge in [-0.3, -0.25) is 42.0 Å². The third-order valence-electron chi connectivity index (χ3n) is 6.85. The molecule has 0 spiro atoms. The monoisotopic (exact) mass is 715 g/mol. The van der Waals surface area contributed by atoms with Crippen LogP contribution in [-0.4, -0.2) is 106 Å². The number of anilines is 1. The van der Waals surface area contributed by atoms with Crippen LogP contribution in [0.1, 0.15) is 45.8 Å². The van der Waals surface area contributed by atoms with Gasteiger partial charge in [0.05, 0.1) is 53.2 Å². The van der Waals surface area contributed by atoms with E-state index in [-0.39, 0.29) is 56.0 Å². The minimum atomic E-state index is -4.89.